The van der Waals surface area contributed by atoms with Gasteiger partial charge in [0, 0.05) is 0 Å². The predicted octanol–water partition coefficient (Wildman–Crippen LogP) is 4.43. The maximum absolute atomic E-state index is 10.6. The quantitative estimate of drug-likeness (QED) is 0.641. The topological polar surface area (TPSA) is 85.2 Å². The highest BCUT2D eigenvalue weighted by molar-refractivity contribution is 6.30. The molecule has 0 aliphatic carbocycles. The van der Waals surface area contributed by atoms with Crippen LogP contribution < -0.4 is 9.64 Å². The van der Waals surface area contributed by atoms with E-state index in [1.165, 1.54) is 0 Å². The van der Waals surface area contributed by atoms with E-state index in [4.69, 9.17) is 10.1 Å². The van der Waals surface area contributed by atoms with E-state index < -0.39 is 0 Å². The third kappa shape index (κ3) is 3.03. The Morgan fingerprint density at radius 2 is 2.00 bits per heavy atom. The molecule has 1 aliphatic heterocycles. The summed E-state index contributed by atoms with van der Waals surface area (Å²) in [7, 11) is 0. The van der Waals surface area contributed by atoms with Gasteiger partial charge in [-0.1, -0.05) is 18.2 Å². The molecular weight excluding hydrogens is 340 g/mol. The number of nitrogens with zero attached hydrogens (tertiary/aromatic N) is 2. The zero-order chi connectivity index (χ0) is 19.1. The summed E-state index contributed by atoms with van der Waals surface area (Å²) in [4.78, 5) is 9.53. The van der Waals surface area contributed by atoms with Crippen molar-refractivity contribution in [3.8, 4) is 5.75 Å². The summed E-state index contributed by atoms with van der Waals surface area (Å²) in [5.41, 5.74) is 4.00. The van der Waals surface area contributed by atoms with Crippen molar-refractivity contribution in [2.45, 2.75) is 26.9 Å². The molecule has 0 radical (unpaired) electrons. The van der Waals surface area contributed by atoms with Crippen molar-refractivity contribution in [1.82, 2.24) is 9.97 Å². The number of amidine groups is 1. The molecule has 0 atom stereocenters. The van der Waals surface area contributed by atoms with Gasteiger partial charge < -0.3 is 19.7 Å². The number of aliphatic hydroxyl groups is 1. The highest BCUT2D eigenvalue weighted by atomic mass is 16.5. The summed E-state index contributed by atoms with van der Waals surface area (Å²) in [6.07, 6.45) is 0.0163. The van der Waals surface area contributed by atoms with Gasteiger partial charge in [0.2, 0.25) is 0 Å². The molecule has 4 rings (SSSR count). The molecule has 1 aliphatic rings. The predicted molar refractivity (Wildman–Crippen MR) is 108 cm³/mol. The number of hydrogen-bond acceptors (Lipinski definition) is 4. The largest absolute Gasteiger partial charge is 0.509 e. The molecule has 1 aromatic heterocycles. The van der Waals surface area contributed by atoms with E-state index in [2.05, 4.69) is 9.97 Å². The number of H-pyrrole nitrogens is 1. The number of anilines is 1. The SMILES string of the molecule is Cc1ccc2nc(C3=C(O)CN(c4ccccc4OC(C)C)C3=N)[nH]c2c1. The molecular formula is C21H22N4O2. The third-order valence-electron chi connectivity index (χ3n) is 4.50. The smallest absolute Gasteiger partial charge is 0.145 e. The number of fused-ring (bicyclic) bond motifs is 1. The van der Waals surface area contributed by atoms with E-state index in [1.54, 1.807) is 4.90 Å². The van der Waals surface area contributed by atoms with Crippen molar-refractivity contribution in [3.05, 3.63) is 59.6 Å². The fourth-order valence-electron chi connectivity index (χ4n) is 3.31. The Kier molecular flexibility index (Phi) is 4.11. The van der Waals surface area contributed by atoms with E-state index in [9.17, 15) is 5.11 Å². The number of rotatable bonds is 4. The van der Waals surface area contributed by atoms with E-state index in [0.29, 0.717) is 17.1 Å². The van der Waals surface area contributed by atoms with E-state index in [1.807, 2.05) is 63.2 Å². The Bertz CT molecular complexity index is 1060. The maximum Gasteiger partial charge on any atom is 0.145 e. The first-order valence-electron chi connectivity index (χ1n) is 8.95. The number of aliphatic hydroxyl groups excluding tert-OH is 1. The van der Waals surface area contributed by atoms with Gasteiger partial charge >= 0.3 is 0 Å². The van der Waals surface area contributed by atoms with Gasteiger partial charge in [0.15, 0.2) is 0 Å². The minimum Gasteiger partial charge on any atom is -0.509 e. The highest BCUT2D eigenvalue weighted by Crippen LogP contribution is 2.36. The zero-order valence-electron chi connectivity index (χ0n) is 15.6. The van der Waals surface area contributed by atoms with Crippen molar-refractivity contribution in [2.24, 2.45) is 0 Å². The normalized spacial score (nSPS) is 14.7. The van der Waals surface area contributed by atoms with Crippen LogP contribution in [0.4, 0.5) is 5.69 Å². The lowest BCUT2D eigenvalue weighted by molar-refractivity contribution is 0.243. The van der Waals surface area contributed by atoms with Crippen LogP contribution in [0.25, 0.3) is 16.6 Å². The monoisotopic (exact) mass is 362 g/mol. The molecule has 27 heavy (non-hydrogen) atoms. The molecule has 3 N–H and O–H groups in total. The van der Waals surface area contributed by atoms with Crippen LogP contribution in [0.1, 0.15) is 25.2 Å². The summed E-state index contributed by atoms with van der Waals surface area (Å²) < 4.78 is 5.88. The second kappa shape index (κ2) is 6.46. The Balaban J connectivity index is 1.71. The first-order chi connectivity index (χ1) is 12.9. The summed E-state index contributed by atoms with van der Waals surface area (Å²) >= 11 is 0. The van der Waals surface area contributed by atoms with Crippen LogP contribution in [0.3, 0.4) is 0 Å². The first kappa shape index (κ1) is 17.1. The fraction of sp³-hybridized carbons (Fsp3) is 0.238. The van der Waals surface area contributed by atoms with Crippen LogP contribution >= 0.6 is 0 Å². The van der Waals surface area contributed by atoms with Gasteiger partial charge in [-0.05, 0) is 50.6 Å². The number of hydrogen-bond donors (Lipinski definition) is 3. The van der Waals surface area contributed by atoms with E-state index in [0.717, 1.165) is 22.3 Å². The standard InChI is InChI=1S/C21H22N4O2/c1-12(2)27-18-7-5-4-6-16(18)25-11-17(26)19(20(25)22)21-23-14-9-8-13(3)10-15(14)24-21/h4-10,12,22,26H,11H2,1-3H3,(H,23,24). The van der Waals surface area contributed by atoms with Crippen molar-refractivity contribution in [2.75, 3.05) is 11.4 Å². The Labute approximate surface area is 157 Å². The number of imidazole rings is 1. The first-order valence-corrected chi connectivity index (χ1v) is 8.95. The molecule has 138 valence electrons. The van der Waals surface area contributed by atoms with Crippen LogP contribution in [0.15, 0.2) is 48.2 Å². The molecule has 3 aromatic rings. The number of aromatic amines is 1. The lowest BCUT2D eigenvalue weighted by Crippen LogP contribution is -2.27. The average molecular weight is 362 g/mol. The Morgan fingerprint density at radius 1 is 1.22 bits per heavy atom. The summed E-state index contributed by atoms with van der Waals surface area (Å²) in [6.45, 7) is 6.15. The second-order valence-electron chi connectivity index (χ2n) is 7.00. The highest BCUT2D eigenvalue weighted by Gasteiger charge is 2.32. The minimum absolute atomic E-state index is 0.0163. The molecule has 2 aromatic carbocycles. The van der Waals surface area contributed by atoms with E-state index in [-0.39, 0.29) is 24.2 Å². The number of para-hydroxylation sites is 2. The molecule has 0 unspecified atom stereocenters. The van der Waals surface area contributed by atoms with Gasteiger partial charge in [-0.15, -0.1) is 0 Å². The Morgan fingerprint density at radius 3 is 2.78 bits per heavy atom. The van der Waals surface area contributed by atoms with Crippen molar-refractivity contribution >= 4 is 28.1 Å². The molecule has 0 saturated heterocycles. The summed E-state index contributed by atoms with van der Waals surface area (Å²) in [5, 5.41) is 19.2. The molecule has 6 nitrogen and oxygen atoms in total. The van der Waals surface area contributed by atoms with E-state index >= 15 is 0 Å². The molecule has 0 bridgehead atoms. The minimum atomic E-state index is 0.0163. The average Bonchev–Trinajstić information content (AvgIpc) is 3.14. The number of aryl methyl sites for hydroxylation is 1. The zero-order valence-corrected chi connectivity index (χ0v) is 15.6. The van der Waals surface area contributed by atoms with Crippen LogP contribution in [0, 0.1) is 12.3 Å². The van der Waals surface area contributed by atoms with Gasteiger partial charge in [-0.25, -0.2) is 4.98 Å². The number of benzene rings is 2. The van der Waals surface area contributed by atoms with Crippen LogP contribution in [-0.4, -0.2) is 33.6 Å². The second-order valence-corrected chi connectivity index (χ2v) is 7.00. The maximum atomic E-state index is 10.6. The fourth-order valence-corrected chi connectivity index (χ4v) is 3.31. The van der Waals surface area contributed by atoms with Crippen LogP contribution in [0.5, 0.6) is 5.75 Å². The lowest BCUT2D eigenvalue weighted by Gasteiger charge is -2.23. The van der Waals surface area contributed by atoms with Gasteiger partial charge in [0.1, 0.15) is 23.2 Å². The molecule has 0 amide bonds. The van der Waals surface area contributed by atoms with Crippen molar-refractivity contribution < 1.29 is 9.84 Å². The summed E-state index contributed by atoms with van der Waals surface area (Å²) in [6, 6.07) is 13.5. The van der Waals surface area contributed by atoms with Crippen molar-refractivity contribution in [3.63, 3.8) is 0 Å². The van der Waals surface area contributed by atoms with Gasteiger partial charge in [0.05, 0.1) is 34.9 Å². The number of ether oxygens (including phenoxy) is 1. The van der Waals surface area contributed by atoms with Crippen LogP contribution in [0.2, 0.25) is 0 Å². The molecule has 0 saturated carbocycles. The Hall–Kier alpha value is -3.28. The van der Waals surface area contributed by atoms with Gasteiger partial charge in [0.25, 0.3) is 0 Å². The van der Waals surface area contributed by atoms with Crippen molar-refractivity contribution in [1.29, 1.82) is 5.41 Å². The lowest BCUT2D eigenvalue weighted by atomic mass is 10.2. The molecule has 0 spiro atoms. The number of aromatic nitrogens is 2. The third-order valence-corrected chi connectivity index (χ3v) is 4.50. The molecule has 0 fully saturated rings. The van der Waals surface area contributed by atoms with Crippen LogP contribution in [-0.2, 0) is 0 Å². The molecule has 6 heteroatoms. The molecule has 2 heterocycles. The van der Waals surface area contributed by atoms with Gasteiger partial charge in [-0.2, -0.15) is 0 Å². The number of nitrogens with one attached hydrogen (secondary N) is 2. The summed E-state index contributed by atoms with van der Waals surface area (Å²) in [5.74, 6) is 1.51. The van der Waals surface area contributed by atoms with Gasteiger partial charge in [-0.3, -0.25) is 5.41 Å².